The molecule has 0 bridgehead atoms. The van der Waals surface area contributed by atoms with Crippen molar-refractivity contribution in [3.8, 4) is 0 Å². The number of nitrogens with zero attached hydrogens (tertiary/aromatic N) is 3. The van der Waals surface area contributed by atoms with E-state index in [2.05, 4.69) is 9.80 Å². The van der Waals surface area contributed by atoms with Gasteiger partial charge in [-0.05, 0) is 31.4 Å². The van der Waals surface area contributed by atoms with E-state index >= 15 is 0 Å². The molecule has 2 heterocycles. The molecule has 8 heteroatoms. The summed E-state index contributed by atoms with van der Waals surface area (Å²) in [4.78, 5) is 31.9. The monoisotopic (exact) mass is 460 g/mol. The highest BCUT2D eigenvalue weighted by atomic mass is 35.5. The lowest BCUT2D eigenvalue weighted by Crippen LogP contribution is -3.00. The first-order valence-electron chi connectivity index (χ1n) is 11.1. The number of amides is 2. The van der Waals surface area contributed by atoms with Crippen LogP contribution in [0.15, 0.2) is 36.4 Å². The molecule has 2 aromatic carbocycles. The molecule has 174 valence electrons. The van der Waals surface area contributed by atoms with Crippen LogP contribution in [0.2, 0.25) is 0 Å². The summed E-state index contributed by atoms with van der Waals surface area (Å²) < 4.78 is 5.48. The van der Waals surface area contributed by atoms with Crippen molar-refractivity contribution in [2.75, 3.05) is 52.4 Å². The van der Waals surface area contributed by atoms with Crippen molar-refractivity contribution in [3.05, 3.63) is 47.5 Å². The van der Waals surface area contributed by atoms with E-state index in [9.17, 15) is 14.7 Å². The number of benzene rings is 2. The molecule has 2 aliphatic rings. The molecular weight excluding hydrogens is 430 g/mol. The van der Waals surface area contributed by atoms with Crippen molar-refractivity contribution in [2.45, 2.75) is 26.1 Å². The number of hydrogen-bond acceptors (Lipinski definition) is 6. The van der Waals surface area contributed by atoms with E-state index < -0.39 is 6.10 Å². The van der Waals surface area contributed by atoms with E-state index in [-0.39, 0.29) is 30.3 Å². The van der Waals surface area contributed by atoms with Gasteiger partial charge in [0.1, 0.15) is 0 Å². The van der Waals surface area contributed by atoms with Crippen molar-refractivity contribution in [3.63, 3.8) is 0 Å². The average molecular weight is 461 g/mol. The molecule has 0 radical (unpaired) electrons. The summed E-state index contributed by atoms with van der Waals surface area (Å²) in [5.41, 5.74) is 1.21. The number of halogens is 1. The number of carbonyl (C=O) groups excluding carboxylic acids is 2. The first-order valence-corrected chi connectivity index (χ1v) is 11.1. The fraction of sp³-hybridized carbons (Fsp3) is 0.500. The Morgan fingerprint density at radius 3 is 2.03 bits per heavy atom. The molecule has 1 unspecified atom stereocenters. The van der Waals surface area contributed by atoms with Gasteiger partial charge in [0.2, 0.25) is 0 Å². The molecular formula is C24H31ClN3O4-. The van der Waals surface area contributed by atoms with Crippen LogP contribution < -0.4 is 12.4 Å². The molecule has 4 rings (SSSR count). The van der Waals surface area contributed by atoms with Crippen LogP contribution in [0, 0.1) is 0 Å². The van der Waals surface area contributed by atoms with Gasteiger partial charge in [0.05, 0.1) is 18.8 Å². The van der Waals surface area contributed by atoms with Crippen LogP contribution >= 0.6 is 0 Å². The number of hydrogen-bond donors (Lipinski definition) is 1. The van der Waals surface area contributed by atoms with Gasteiger partial charge in [-0.2, -0.15) is 0 Å². The lowest BCUT2D eigenvalue weighted by Gasteiger charge is -2.36. The van der Waals surface area contributed by atoms with Crippen LogP contribution in [0.5, 0.6) is 0 Å². The average Bonchev–Trinajstić information content (AvgIpc) is 2.77. The number of β-amino-alcohol motifs (C(OH)–C–C–N with tert-alkyl or cyclic N) is 1. The highest BCUT2D eigenvalue weighted by Gasteiger charge is 2.32. The Hall–Kier alpha value is -2.03. The molecule has 2 amide bonds. The van der Waals surface area contributed by atoms with Crippen molar-refractivity contribution in [1.29, 1.82) is 0 Å². The summed E-state index contributed by atoms with van der Waals surface area (Å²) in [5, 5.41) is 11.8. The summed E-state index contributed by atoms with van der Waals surface area (Å²) in [7, 11) is 0. The van der Waals surface area contributed by atoms with Gasteiger partial charge in [-0.25, -0.2) is 0 Å². The minimum atomic E-state index is -0.486. The lowest BCUT2D eigenvalue weighted by atomic mass is 9.94. The fourth-order valence-electron chi connectivity index (χ4n) is 4.37. The Bertz CT molecular complexity index is 909. The zero-order valence-electron chi connectivity index (χ0n) is 18.7. The topological polar surface area (TPSA) is 73.3 Å². The van der Waals surface area contributed by atoms with Gasteiger partial charge in [-0.3, -0.25) is 24.3 Å². The zero-order chi connectivity index (χ0) is 22.0. The third-order valence-corrected chi connectivity index (χ3v) is 6.05. The van der Waals surface area contributed by atoms with Crippen molar-refractivity contribution < 1.29 is 31.8 Å². The smallest absolute Gasteiger partial charge is 0.261 e. The van der Waals surface area contributed by atoms with E-state index in [1.165, 1.54) is 4.90 Å². The minimum Gasteiger partial charge on any atom is -1.00 e. The molecule has 1 N–H and O–H groups in total. The maximum atomic E-state index is 13.0. The quantitative estimate of drug-likeness (QED) is 0.501. The standard InChI is InChI=1S/C24H31N3O4.ClH/c1-17(2)31-16-19(28)15-26-11-9-25(10-12-26)13-14-27-23(29)20-7-3-5-18-6-4-8-21(22(18)20)24(27)30;/h3-8,17,19,28H,9-16H2,1-2H3;1H/p-1. The highest BCUT2D eigenvalue weighted by molar-refractivity contribution is 6.25. The first-order chi connectivity index (χ1) is 14.9. The van der Waals surface area contributed by atoms with Crippen molar-refractivity contribution in [1.82, 2.24) is 14.7 Å². The Labute approximate surface area is 195 Å². The molecule has 2 aliphatic heterocycles. The zero-order valence-corrected chi connectivity index (χ0v) is 19.4. The summed E-state index contributed by atoms with van der Waals surface area (Å²) in [5.74, 6) is -0.414. The predicted molar refractivity (Wildman–Crippen MR) is 119 cm³/mol. The highest BCUT2D eigenvalue weighted by Crippen LogP contribution is 2.29. The Morgan fingerprint density at radius 1 is 0.906 bits per heavy atom. The molecule has 1 fully saturated rings. The molecule has 1 saturated heterocycles. The molecule has 0 aromatic heterocycles. The molecule has 7 nitrogen and oxygen atoms in total. The summed E-state index contributed by atoms with van der Waals surface area (Å²) in [6.07, 6.45) is -0.369. The number of rotatable bonds is 8. The maximum absolute atomic E-state index is 13.0. The minimum absolute atomic E-state index is 0. The molecule has 0 spiro atoms. The van der Waals surface area contributed by atoms with Crippen LogP contribution in [-0.2, 0) is 4.74 Å². The van der Waals surface area contributed by atoms with E-state index in [1.807, 2.05) is 38.1 Å². The van der Waals surface area contributed by atoms with E-state index in [4.69, 9.17) is 4.74 Å². The fourth-order valence-corrected chi connectivity index (χ4v) is 4.37. The summed E-state index contributed by atoms with van der Waals surface area (Å²) in [6, 6.07) is 11.2. The van der Waals surface area contributed by atoms with Gasteiger partial charge < -0.3 is 22.3 Å². The second-order valence-electron chi connectivity index (χ2n) is 8.65. The third-order valence-electron chi connectivity index (χ3n) is 6.05. The molecule has 1 atom stereocenters. The molecule has 0 saturated carbocycles. The first kappa shape index (κ1) is 24.6. The molecule has 0 aliphatic carbocycles. The number of piperazine rings is 1. The van der Waals surface area contributed by atoms with Crippen LogP contribution in [0.1, 0.15) is 34.6 Å². The summed E-state index contributed by atoms with van der Waals surface area (Å²) in [6.45, 7) is 9.31. The largest absolute Gasteiger partial charge is 1.00 e. The molecule has 32 heavy (non-hydrogen) atoms. The SMILES string of the molecule is CC(C)OCC(O)CN1CCN(CCN2C(=O)c3cccc4cccc(c34)C2=O)CC1.[Cl-]. The van der Waals surface area contributed by atoms with Gasteiger partial charge in [0.25, 0.3) is 11.8 Å². The number of ether oxygens (including phenoxy) is 1. The van der Waals surface area contributed by atoms with Crippen molar-refractivity contribution in [2.24, 2.45) is 0 Å². The van der Waals surface area contributed by atoms with Crippen LogP contribution in [0.25, 0.3) is 10.8 Å². The number of imide groups is 1. The summed E-state index contributed by atoms with van der Waals surface area (Å²) >= 11 is 0. The van der Waals surface area contributed by atoms with Crippen LogP contribution in [-0.4, -0.2) is 96.2 Å². The predicted octanol–water partition coefficient (Wildman–Crippen LogP) is -1.16. The molecule has 2 aromatic rings. The van der Waals surface area contributed by atoms with Gasteiger partial charge >= 0.3 is 0 Å². The third kappa shape index (κ3) is 5.30. The van der Waals surface area contributed by atoms with Gasteiger partial charge in [-0.1, -0.05) is 24.3 Å². The maximum Gasteiger partial charge on any atom is 0.261 e. The van der Waals surface area contributed by atoms with E-state index in [1.54, 1.807) is 12.1 Å². The lowest BCUT2D eigenvalue weighted by molar-refractivity contribution is -0.0147. The van der Waals surface area contributed by atoms with Gasteiger partial charge in [0, 0.05) is 62.3 Å². The van der Waals surface area contributed by atoms with E-state index in [0.29, 0.717) is 37.4 Å². The normalized spacial score (nSPS) is 18.3. The second kappa shape index (κ2) is 10.7. The number of aliphatic hydroxyl groups is 1. The van der Waals surface area contributed by atoms with Crippen LogP contribution in [0.4, 0.5) is 0 Å². The Kier molecular flexibility index (Phi) is 8.25. The Morgan fingerprint density at radius 2 is 1.47 bits per heavy atom. The van der Waals surface area contributed by atoms with Crippen LogP contribution in [0.3, 0.4) is 0 Å². The second-order valence-corrected chi connectivity index (χ2v) is 8.65. The van der Waals surface area contributed by atoms with Gasteiger partial charge in [-0.15, -0.1) is 0 Å². The number of aliphatic hydroxyl groups excluding tert-OH is 1. The van der Waals surface area contributed by atoms with Crippen molar-refractivity contribution >= 4 is 22.6 Å². The van der Waals surface area contributed by atoms with E-state index in [0.717, 1.165) is 37.0 Å². The Balaban J connectivity index is 0.00000289. The van der Waals surface area contributed by atoms with Gasteiger partial charge in [0.15, 0.2) is 0 Å². The number of carbonyl (C=O) groups is 2.